The number of ether oxygens (including phenoxy) is 2. The van der Waals surface area contributed by atoms with E-state index >= 15 is 0 Å². The smallest absolute Gasteiger partial charge is 0.250 e. The highest BCUT2D eigenvalue weighted by Crippen LogP contribution is 2.19. The molecule has 0 unspecified atom stereocenters. The van der Waals surface area contributed by atoms with Gasteiger partial charge >= 0.3 is 0 Å². The van der Waals surface area contributed by atoms with Crippen LogP contribution >= 0.6 is 12.2 Å². The molecule has 3 rings (SSSR count). The van der Waals surface area contributed by atoms with Gasteiger partial charge in [0.1, 0.15) is 18.1 Å². The Morgan fingerprint density at radius 2 is 1.67 bits per heavy atom. The lowest BCUT2D eigenvalue weighted by atomic mass is 10.2. The molecule has 0 saturated carbocycles. The average Bonchev–Trinajstić information content (AvgIpc) is 2.78. The molecule has 0 aliphatic carbocycles. The van der Waals surface area contributed by atoms with E-state index < -0.39 is 0 Å². The molecule has 0 aromatic heterocycles. The largest absolute Gasteiger partial charge is 0.496 e. The van der Waals surface area contributed by atoms with Gasteiger partial charge in [0.15, 0.2) is 5.11 Å². The first kappa shape index (κ1) is 21.1. The van der Waals surface area contributed by atoms with Crippen LogP contribution in [0.3, 0.4) is 0 Å². The quantitative estimate of drug-likeness (QED) is 0.426. The Morgan fingerprint density at radius 1 is 0.967 bits per heavy atom. The SMILES string of the molecule is COc1ccccc1/C=C/C(=O)NC(=S)Nc1ccc(OCc2ccccc2)cc1. The lowest BCUT2D eigenvalue weighted by Gasteiger charge is -2.10. The first-order chi connectivity index (χ1) is 14.6. The van der Waals surface area contributed by atoms with Gasteiger partial charge in [-0.05, 0) is 54.2 Å². The molecule has 2 N–H and O–H groups in total. The van der Waals surface area contributed by atoms with E-state index in [4.69, 9.17) is 21.7 Å². The lowest BCUT2D eigenvalue weighted by Crippen LogP contribution is -2.32. The zero-order valence-corrected chi connectivity index (χ0v) is 17.3. The number of hydrogen-bond acceptors (Lipinski definition) is 4. The van der Waals surface area contributed by atoms with E-state index in [0.29, 0.717) is 12.4 Å². The van der Waals surface area contributed by atoms with Crippen molar-refractivity contribution in [2.24, 2.45) is 0 Å². The molecule has 1 amide bonds. The van der Waals surface area contributed by atoms with Gasteiger partial charge in [0.25, 0.3) is 0 Å². The van der Waals surface area contributed by atoms with Gasteiger partial charge in [-0.1, -0.05) is 48.5 Å². The molecular formula is C24H22N2O3S. The van der Waals surface area contributed by atoms with Crippen LogP contribution in [0.5, 0.6) is 11.5 Å². The first-order valence-corrected chi connectivity index (χ1v) is 9.75. The minimum absolute atomic E-state index is 0.211. The van der Waals surface area contributed by atoms with Crippen molar-refractivity contribution in [3.05, 3.63) is 96.1 Å². The van der Waals surface area contributed by atoms with Crippen molar-refractivity contribution >= 4 is 35.0 Å². The van der Waals surface area contributed by atoms with Gasteiger partial charge in [0.05, 0.1) is 7.11 Å². The maximum Gasteiger partial charge on any atom is 0.250 e. The normalized spacial score (nSPS) is 10.4. The molecule has 30 heavy (non-hydrogen) atoms. The molecule has 3 aromatic rings. The average molecular weight is 419 g/mol. The number of amides is 1. The molecular weight excluding hydrogens is 396 g/mol. The van der Waals surface area contributed by atoms with Gasteiger partial charge in [0.2, 0.25) is 5.91 Å². The summed E-state index contributed by atoms with van der Waals surface area (Å²) in [4.78, 5) is 12.1. The fraction of sp³-hybridized carbons (Fsp3) is 0.0833. The molecule has 6 heteroatoms. The summed E-state index contributed by atoms with van der Waals surface area (Å²) in [5.74, 6) is 1.11. The molecule has 0 aliphatic rings. The van der Waals surface area contributed by atoms with Crippen LogP contribution in [-0.4, -0.2) is 18.1 Å². The van der Waals surface area contributed by atoms with Gasteiger partial charge in [-0.3, -0.25) is 10.1 Å². The maximum absolute atomic E-state index is 12.1. The molecule has 0 bridgehead atoms. The number of anilines is 1. The number of benzene rings is 3. The second-order valence-electron chi connectivity index (χ2n) is 6.32. The maximum atomic E-state index is 12.1. The first-order valence-electron chi connectivity index (χ1n) is 9.34. The Bertz CT molecular complexity index is 1020. The number of rotatable bonds is 7. The molecule has 0 spiro atoms. The number of para-hydroxylation sites is 1. The third-order valence-corrected chi connectivity index (χ3v) is 4.35. The Balaban J connectivity index is 1.48. The van der Waals surface area contributed by atoms with Crippen LogP contribution < -0.4 is 20.1 Å². The predicted molar refractivity (Wildman–Crippen MR) is 124 cm³/mol. The van der Waals surface area contributed by atoms with E-state index in [9.17, 15) is 4.79 Å². The fourth-order valence-electron chi connectivity index (χ4n) is 2.66. The van der Waals surface area contributed by atoms with Crippen LogP contribution in [0.1, 0.15) is 11.1 Å². The molecule has 0 saturated heterocycles. The van der Waals surface area contributed by atoms with Crippen molar-refractivity contribution in [2.75, 3.05) is 12.4 Å². The Kier molecular flexibility index (Phi) is 7.58. The van der Waals surface area contributed by atoms with E-state index in [0.717, 1.165) is 22.6 Å². The summed E-state index contributed by atoms with van der Waals surface area (Å²) in [5.41, 5.74) is 2.66. The van der Waals surface area contributed by atoms with E-state index in [2.05, 4.69) is 10.6 Å². The Morgan fingerprint density at radius 3 is 2.40 bits per heavy atom. The van der Waals surface area contributed by atoms with Gasteiger partial charge in [-0.2, -0.15) is 0 Å². The van der Waals surface area contributed by atoms with Crippen LogP contribution in [0.4, 0.5) is 5.69 Å². The second kappa shape index (κ2) is 10.8. The summed E-state index contributed by atoms with van der Waals surface area (Å²) >= 11 is 5.21. The molecule has 152 valence electrons. The summed E-state index contributed by atoms with van der Waals surface area (Å²) in [5, 5.41) is 5.81. The lowest BCUT2D eigenvalue weighted by molar-refractivity contribution is -0.115. The van der Waals surface area contributed by atoms with Crippen LogP contribution in [-0.2, 0) is 11.4 Å². The predicted octanol–water partition coefficient (Wildman–Crippen LogP) is 4.80. The molecule has 0 heterocycles. The zero-order valence-electron chi connectivity index (χ0n) is 16.5. The summed E-state index contributed by atoms with van der Waals surface area (Å²) < 4.78 is 11.0. The highest BCUT2D eigenvalue weighted by atomic mass is 32.1. The Labute approximate surface area is 181 Å². The number of nitrogens with one attached hydrogen (secondary N) is 2. The van der Waals surface area contributed by atoms with Gasteiger partial charge < -0.3 is 14.8 Å². The van der Waals surface area contributed by atoms with Crippen molar-refractivity contribution < 1.29 is 14.3 Å². The second-order valence-corrected chi connectivity index (χ2v) is 6.73. The molecule has 3 aromatic carbocycles. The molecule has 0 radical (unpaired) electrons. The van der Waals surface area contributed by atoms with Crippen molar-refractivity contribution in [1.82, 2.24) is 5.32 Å². The minimum atomic E-state index is -0.332. The van der Waals surface area contributed by atoms with Gasteiger partial charge in [-0.15, -0.1) is 0 Å². The Hall–Kier alpha value is -3.64. The van der Waals surface area contributed by atoms with Crippen LogP contribution in [0.2, 0.25) is 0 Å². The van der Waals surface area contributed by atoms with Crippen molar-refractivity contribution in [1.29, 1.82) is 0 Å². The number of thiocarbonyl (C=S) groups is 1. The van der Waals surface area contributed by atoms with Crippen LogP contribution in [0.15, 0.2) is 84.9 Å². The highest BCUT2D eigenvalue weighted by Gasteiger charge is 2.04. The summed E-state index contributed by atoms with van der Waals surface area (Å²) in [6, 6.07) is 24.8. The van der Waals surface area contributed by atoms with E-state index in [-0.39, 0.29) is 11.0 Å². The van der Waals surface area contributed by atoms with Crippen molar-refractivity contribution in [3.8, 4) is 11.5 Å². The zero-order chi connectivity index (χ0) is 21.2. The minimum Gasteiger partial charge on any atom is -0.496 e. The molecule has 0 atom stereocenters. The highest BCUT2D eigenvalue weighted by molar-refractivity contribution is 7.80. The van der Waals surface area contributed by atoms with Crippen LogP contribution in [0, 0.1) is 0 Å². The number of carbonyl (C=O) groups excluding carboxylic acids is 1. The number of methoxy groups -OCH3 is 1. The third kappa shape index (κ3) is 6.46. The third-order valence-electron chi connectivity index (χ3n) is 4.15. The van der Waals surface area contributed by atoms with Gasteiger partial charge in [-0.25, -0.2) is 0 Å². The summed E-state index contributed by atoms with van der Waals surface area (Å²) in [6.45, 7) is 0.501. The van der Waals surface area contributed by atoms with E-state index in [1.54, 1.807) is 13.2 Å². The molecule has 5 nitrogen and oxygen atoms in total. The number of carbonyl (C=O) groups is 1. The monoisotopic (exact) mass is 418 g/mol. The fourth-order valence-corrected chi connectivity index (χ4v) is 2.88. The van der Waals surface area contributed by atoms with E-state index in [1.165, 1.54) is 6.08 Å². The van der Waals surface area contributed by atoms with Crippen molar-refractivity contribution in [2.45, 2.75) is 6.61 Å². The van der Waals surface area contributed by atoms with Crippen LogP contribution in [0.25, 0.3) is 6.08 Å². The molecule has 0 aliphatic heterocycles. The molecule has 0 fully saturated rings. The topological polar surface area (TPSA) is 59.6 Å². The van der Waals surface area contributed by atoms with Crippen molar-refractivity contribution in [3.63, 3.8) is 0 Å². The number of hydrogen-bond donors (Lipinski definition) is 2. The standard InChI is InChI=1S/C24H22N2O3S/c1-28-22-10-6-5-9-19(22)11-16-23(27)26-24(30)25-20-12-14-21(15-13-20)29-17-18-7-3-2-4-8-18/h2-16H,17H2,1H3,(H2,25,26,27,30)/b16-11+. The summed E-state index contributed by atoms with van der Waals surface area (Å²) in [7, 11) is 1.59. The summed E-state index contributed by atoms with van der Waals surface area (Å²) in [6.07, 6.45) is 3.09. The van der Waals surface area contributed by atoms with Gasteiger partial charge in [0, 0.05) is 17.3 Å². The van der Waals surface area contributed by atoms with E-state index in [1.807, 2.05) is 78.9 Å².